The summed E-state index contributed by atoms with van der Waals surface area (Å²) in [7, 11) is 2.26. The number of likely N-dealkylation sites (N-methyl/N-ethyl adjacent to an activating group) is 1. The van der Waals surface area contributed by atoms with Gasteiger partial charge in [-0.05, 0) is 59.5 Å². The van der Waals surface area contributed by atoms with E-state index in [1.54, 1.807) is 0 Å². The van der Waals surface area contributed by atoms with Crippen LogP contribution >= 0.6 is 0 Å². The fourth-order valence-corrected chi connectivity index (χ4v) is 5.81. The Morgan fingerprint density at radius 2 is 1.97 bits per heavy atom. The summed E-state index contributed by atoms with van der Waals surface area (Å²) in [4.78, 5) is 18.6. The van der Waals surface area contributed by atoms with Crippen molar-refractivity contribution in [3.05, 3.63) is 70.9 Å². The quantitative estimate of drug-likeness (QED) is 0.627. The van der Waals surface area contributed by atoms with Gasteiger partial charge in [-0.2, -0.15) is 0 Å². The van der Waals surface area contributed by atoms with Gasteiger partial charge in [-0.25, -0.2) is 0 Å². The fraction of sp³-hybridized carbons (Fsp3) is 0.464. The van der Waals surface area contributed by atoms with E-state index in [1.807, 2.05) is 30.3 Å². The van der Waals surface area contributed by atoms with E-state index >= 15 is 0 Å². The second-order valence-corrected chi connectivity index (χ2v) is 10.9. The third-order valence-corrected chi connectivity index (χ3v) is 7.55. The SMILES string of the molecule is CN1C[C@H](CNC(=O)Cc2ccccc2)C[C@@H]2c3cc(C(C)(C)C)cc4[nH]cc(c34)C[C@H]21. The first-order valence-corrected chi connectivity index (χ1v) is 11.9. The first-order chi connectivity index (χ1) is 15.3. The number of fused-ring (bicyclic) bond motifs is 2. The Kier molecular flexibility index (Phi) is 5.37. The number of aromatic nitrogens is 1. The van der Waals surface area contributed by atoms with Gasteiger partial charge >= 0.3 is 0 Å². The minimum Gasteiger partial charge on any atom is -0.361 e. The highest BCUT2D eigenvalue weighted by Crippen LogP contribution is 2.45. The molecule has 1 aliphatic heterocycles. The van der Waals surface area contributed by atoms with Gasteiger partial charge in [0.05, 0.1) is 6.42 Å². The molecule has 1 aromatic heterocycles. The molecule has 0 radical (unpaired) electrons. The van der Waals surface area contributed by atoms with Crippen LogP contribution in [0, 0.1) is 5.92 Å². The number of nitrogens with one attached hydrogen (secondary N) is 2. The maximum atomic E-state index is 12.5. The van der Waals surface area contributed by atoms with E-state index in [0.717, 1.165) is 31.5 Å². The molecule has 2 aliphatic rings. The van der Waals surface area contributed by atoms with Gasteiger partial charge in [-0.1, -0.05) is 57.2 Å². The van der Waals surface area contributed by atoms with E-state index < -0.39 is 0 Å². The number of piperidine rings is 1. The Labute approximate surface area is 191 Å². The largest absolute Gasteiger partial charge is 0.361 e. The fourth-order valence-electron chi connectivity index (χ4n) is 5.81. The molecule has 5 rings (SSSR count). The molecule has 168 valence electrons. The summed E-state index contributed by atoms with van der Waals surface area (Å²) >= 11 is 0. The predicted octanol–water partition coefficient (Wildman–Crippen LogP) is 4.78. The molecule has 0 unspecified atom stereocenters. The molecule has 0 bridgehead atoms. The number of likely N-dealkylation sites (tertiary alicyclic amines) is 1. The van der Waals surface area contributed by atoms with Crippen LogP contribution in [0.3, 0.4) is 0 Å². The minimum atomic E-state index is 0.119. The zero-order valence-electron chi connectivity index (χ0n) is 19.7. The maximum absolute atomic E-state index is 12.5. The molecule has 2 N–H and O–H groups in total. The van der Waals surface area contributed by atoms with Crippen molar-refractivity contribution in [2.24, 2.45) is 5.92 Å². The molecule has 3 aromatic rings. The molecule has 32 heavy (non-hydrogen) atoms. The van der Waals surface area contributed by atoms with E-state index in [2.05, 4.69) is 61.3 Å². The van der Waals surface area contributed by atoms with Gasteiger partial charge in [-0.3, -0.25) is 4.79 Å². The number of carbonyl (C=O) groups excluding carboxylic acids is 1. The molecular formula is C28H35N3O. The highest BCUT2D eigenvalue weighted by atomic mass is 16.1. The zero-order chi connectivity index (χ0) is 22.5. The van der Waals surface area contributed by atoms with Gasteiger partial charge < -0.3 is 15.2 Å². The average molecular weight is 430 g/mol. The summed E-state index contributed by atoms with van der Waals surface area (Å²) < 4.78 is 0. The normalized spacial score (nSPS) is 23.2. The van der Waals surface area contributed by atoms with E-state index in [9.17, 15) is 4.79 Å². The summed E-state index contributed by atoms with van der Waals surface area (Å²) in [6.07, 6.45) is 4.92. The van der Waals surface area contributed by atoms with Crippen molar-refractivity contribution >= 4 is 16.8 Å². The van der Waals surface area contributed by atoms with Crippen LogP contribution in [0.4, 0.5) is 0 Å². The molecule has 1 saturated heterocycles. The highest BCUT2D eigenvalue weighted by molar-refractivity contribution is 5.89. The average Bonchev–Trinajstić information content (AvgIpc) is 3.17. The van der Waals surface area contributed by atoms with Gasteiger partial charge in [0.15, 0.2) is 0 Å². The second-order valence-electron chi connectivity index (χ2n) is 10.9. The Bertz CT molecular complexity index is 1120. The lowest BCUT2D eigenvalue weighted by Crippen LogP contribution is -2.50. The monoisotopic (exact) mass is 429 g/mol. The molecular weight excluding hydrogens is 394 g/mol. The van der Waals surface area contributed by atoms with Crippen LogP contribution in [-0.4, -0.2) is 42.0 Å². The van der Waals surface area contributed by atoms with Gasteiger partial charge in [0, 0.05) is 42.1 Å². The van der Waals surface area contributed by atoms with Crippen LogP contribution in [0.5, 0.6) is 0 Å². The van der Waals surface area contributed by atoms with E-state index in [0.29, 0.717) is 24.3 Å². The van der Waals surface area contributed by atoms with E-state index in [-0.39, 0.29) is 11.3 Å². The standard InChI is InChI=1S/C28H35N3O/c1-28(2,3)21-13-23-22-10-19(15-30-26(32)11-18-8-6-5-7-9-18)17-31(4)25(22)12-20-16-29-24(14-21)27(20)23/h5-9,13-14,16,19,22,25,29H,10-12,15,17H2,1-4H3,(H,30,32)/t19-,22+,25+/m0/s1. The van der Waals surface area contributed by atoms with Crippen molar-refractivity contribution in [1.29, 1.82) is 0 Å². The Morgan fingerprint density at radius 3 is 2.72 bits per heavy atom. The molecule has 0 saturated carbocycles. The summed E-state index contributed by atoms with van der Waals surface area (Å²) in [5.41, 5.74) is 6.83. The number of hydrogen-bond acceptors (Lipinski definition) is 2. The molecule has 1 amide bonds. The summed E-state index contributed by atoms with van der Waals surface area (Å²) in [6.45, 7) is 8.67. The van der Waals surface area contributed by atoms with Crippen LogP contribution in [0.2, 0.25) is 0 Å². The molecule has 2 aromatic carbocycles. The second kappa shape index (κ2) is 8.08. The van der Waals surface area contributed by atoms with Gasteiger partial charge in [0.25, 0.3) is 0 Å². The zero-order valence-corrected chi connectivity index (χ0v) is 19.7. The van der Waals surface area contributed by atoms with Gasteiger partial charge in [0.1, 0.15) is 0 Å². The number of hydrogen-bond donors (Lipinski definition) is 2. The number of rotatable bonds is 4. The summed E-state index contributed by atoms with van der Waals surface area (Å²) in [6, 6.07) is 15.4. The van der Waals surface area contributed by atoms with Crippen molar-refractivity contribution in [1.82, 2.24) is 15.2 Å². The first kappa shape index (κ1) is 21.3. The smallest absolute Gasteiger partial charge is 0.224 e. The van der Waals surface area contributed by atoms with Crippen LogP contribution in [0.25, 0.3) is 10.9 Å². The number of carbonyl (C=O) groups is 1. The lowest BCUT2D eigenvalue weighted by atomic mass is 9.71. The van der Waals surface area contributed by atoms with Crippen molar-refractivity contribution in [2.75, 3.05) is 20.1 Å². The van der Waals surface area contributed by atoms with Crippen LogP contribution < -0.4 is 5.32 Å². The number of aromatic amines is 1. The number of nitrogens with zero attached hydrogens (tertiary/aromatic N) is 1. The van der Waals surface area contributed by atoms with Gasteiger partial charge in [0.2, 0.25) is 5.91 Å². The Balaban J connectivity index is 1.36. The number of H-pyrrole nitrogens is 1. The Hall–Kier alpha value is -2.59. The van der Waals surface area contributed by atoms with E-state index in [1.165, 1.54) is 27.6 Å². The molecule has 1 aliphatic carbocycles. The van der Waals surface area contributed by atoms with Crippen molar-refractivity contribution in [3.63, 3.8) is 0 Å². The first-order valence-electron chi connectivity index (χ1n) is 11.9. The lowest BCUT2D eigenvalue weighted by molar-refractivity contribution is -0.120. The molecule has 4 nitrogen and oxygen atoms in total. The van der Waals surface area contributed by atoms with Crippen LogP contribution in [-0.2, 0) is 23.1 Å². The van der Waals surface area contributed by atoms with Crippen molar-refractivity contribution in [2.45, 2.75) is 57.4 Å². The lowest BCUT2D eigenvalue weighted by Gasteiger charge is -2.46. The maximum Gasteiger partial charge on any atom is 0.224 e. The van der Waals surface area contributed by atoms with Crippen LogP contribution in [0.1, 0.15) is 55.4 Å². The third-order valence-electron chi connectivity index (χ3n) is 7.55. The minimum absolute atomic E-state index is 0.119. The molecule has 1 fully saturated rings. The van der Waals surface area contributed by atoms with E-state index in [4.69, 9.17) is 0 Å². The Morgan fingerprint density at radius 1 is 1.19 bits per heavy atom. The summed E-state index contributed by atoms with van der Waals surface area (Å²) in [5, 5.41) is 4.67. The highest BCUT2D eigenvalue weighted by Gasteiger charge is 2.40. The number of amides is 1. The predicted molar refractivity (Wildman–Crippen MR) is 131 cm³/mol. The molecule has 3 atom stereocenters. The summed E-state index contributed by atoms with van der Waals surface area (Å²) in [5.74, 6) is 1.10. The molecule has 2 heterocycles. The van der Waals surface area contributed by atoms with Crippen molar-refractivity contribution in [3.8, 4) is 0 Å². The molecule has 4 heteroatoms. The van der Waals surface area contributed by atoms with Crippen molar-refractivity contribution < 1.29 is 4.79 Å². The van der Waals surface area contributed by atoms with Gasteiger partial charge in [-0.15, -0.1) is 0 Å². The number of benzene rings is 2. The third kappa shape index (κ3) is 3.97. The topological polar surface area (TPSA) is 48.1 Å². The molecule has 0 spiro atoms. The van der Waals surface area contributed by atoms with Crippen LogP contribution in [0.15, 0.2) is 48.7 Å².